The lowest BCUT2D eigenvalue weighted by Gasteiger charge is -2.20. The fourth-order valence-corrected chi connectivity index (χ4v) is 1.00. The second-order valence-electron chi connectivity index (χ2n) is 4.16. The number of allylic oxidation sites excluding steroid dienone is 3. The Morgan fingerprint density at radius 1 is 1.20 bits per heavy atom. The molecule has 0 radical (unpaired) electrons. The van der Waals surface area contributed by atoms with Crippen LogP contribution in [0.15, 0.2) is 23.8 Å². The topological polar surface area (TPSA) is 60.4 Å². The van der Waals surface area contributed by atoms with E-state index in [9.17, 15) is 14.4 Å². The highest BCUT2D eigenvalue weighted by atomic mass is 16.6. The number of hydrogen-bond acceptors (Lipinski definition) is 4. The molecule has 4 nitrogen and oxygen atoms in total. The molecule has 0 fully saturated rings. The van der Waals surface area contributed by atoms with Crippen LogP contribution in [0.4, 0.5) is 0 Å². The summed E-state index contributed by atoms with van der Waals surface area (Å²) in [6.45, 7) is 5.07. The summed E-state index contributed by atoms with van der Waals surface area (Å²) in [6, 6.07) is 0. The summed E-state index contributed by atoms with van der Waals surface area (Å²) in [6.07, 6.45) is 3.19. The maximum Gasteiger partial charge on any atom is 0.342 e. The predicted octanol–water partition coefficient (Wildman–Crippen LogP) is 0.962. The molecule has 1 rings (SSSR count). The van der Waals surface area contributed by atoms with Crippen molar-refractivity contribution in [1.82, 2.24) is 0 Å². The van der Waals surface area contributed by atoms with Crippen molar-refractivity contribution in [3.63, 3.8) is 0 Å². The molecule has 15 heavy (non-hydrogen) atoms. The Morgan fingerprint density at radius 3 is 2.33 bits per heavy atom. The molecule has 0 unspecified atom stereocenters. The molecule has 0 aromatic rings. The van der Waals surface area contributed by atoms with Gasteiger partial charge < -0.3 is 4.74 Å². The average molecular weight is 208 g/mol. The third-order valence-electron chi connectivity index (χ3n) is 1.57. The Balaban J connectivity index is 2.85. The minimum absolute atomic E-state index is 0.211. The lowest BCUT2D eigenvalue weighted by Crippen LogP contribution is -2.28. The molecular weight excluding hydrogens is 196 g/mol. The number of esters is 1. The van der Waals surface area contributed by atoms with Gasteiger partial charge in [-0.25, -0.2) is 4.79 Å². The SMILES string of the molecule is CC(C)(C)OC(=O)C1=CC(=O)C=CC1=O. The van der Waals surface area contributed by atoms with E-state index in [0.29, 0.717) is 0 Å². The monoisotopic (exact) mass is 208 g/mol. The Bertz CT molecular complexity index is 380. The summed E-state index contributed by atoms with van der Waals surface area (Å²) >= 11 is 0. The fourth-order valence-electron chi connectivity index (χ4n) is 1.00. The van der Waals surface area contributed by atoms with E-state index >= 15 is 0 Å². The molecule has 4 heteroatoms. The molecule has 0 N–H and O–H groups in total. The zero-order valence-electron chi connectivity index (χ0n) is 8.87. The number of carbonyl (C=O) groups excluding carboxylic acids is 3. The van der Waals surface area contributed by atoms with E-state index in [4.69, 9.17) is 4.74 Å². The Kier molecular flexibility index (Phi) is 2.88. The van der Waals surface area contributed by atoms with Crippen LogP contribution in [0.25, 0.3) is 0 Å². The van der Waals surface area contributed by atoms with Gasteiger partial charge in [0, 0.05) is 6.08 Å². The Hall–Kier alpha value is -1.71. The second-order valence-corrected chi connectivity index (χ2v) is 4.16. The normalized spacial score (nSPS) is 16.3. The van der Waals surface area contributed by atoms with Crippen LogP contribution in [0.3, 0.4) is 0 Å². The van der Waals surface area contributed by atoms with Crippen LogP contribution in [-0.2, 0) is 19.1 Å². The fraction of sp³-hybridized carbons (Fsp3) is 0.364. The van der Waals surface area contributed by atoms with E-state index in [1.54, 1.807) is 20.8 Å². The zero-order valence-corrected chi connectivity index (χ0v) is 8.87. The lowest BCUT2D eigenvalue weighted by atomic mass is 10.0. The largest absolute Gasteiger partial charge is 0.456 e. The van der Waals surface area contributed by atoms with Gasteiger partial charge in [-0.1, -0.05) is 0 Å². The number of ether oxygens (including phenoxy) is 1. The van der Waals surface area contributed by atoms with Gasteiger partial charge in [-0.3, -0.25) is 9.59 Å². The van der Waals surface area contributed by atoms with Crippen molar-refractivity contribution < 1.29 is 19.1 Å². The molecule has 0 spiro atoms. The van der Waals surface area contributed by atoms with Gasteiger partial charge in [0.15, 0.2) is 11.6 Å². The molecular formula is C11H12O4. The first-order valence-corrected chi connectivity index (χ1v) is 4.51. The molecule has 0 heterocycles. The van der Waals surface area contributed by atoms with E-state index in [0.717, 1.165) is 18.2 Å². The van der Waals surface area contributed by atoms with Gasteiger partial charge in [0.05, 0.1) is 0 Å². The highest BCUT2D eigenvalue weighted by Crippen LogP contribution is 2.13. The third-order valence-corrected chi connectivity index (χ3v) is 1.57. The third kappa shape index (κ3) is 3.16. The van der Waals surface area contributed by atoms with Crippen molar-refractivity contribution in [3.8, 4) is 0 Å². The van der Waals surface area contributed by atoms with Gasteiger partial charge in [0.2, 0.25) is 0 Å². The number of carbonyl (C=O) groups is 3. The molecule has 0 amide bonds. The molecule has 0 aromatic carbocycles. The van der Waals surface area contributed by atoms with Crippen molar-refractivity contribution in [2.45, 2.75) is 26.4 Å². The van der Waals surface area contributed by atoms with Gasteiger partial charge in [0.1, 0.15) is 11.2 Å². The Morgan fingerprint density at radius 2 is 1.80 bits per heavy atom. The van der Waals surface area contributed by atoms with Crippen molar-refractivity contribution in [3.05, 3.63) is 23.8 Å². The van der Waals surface area contributed by atoms with Crippen LogP contribution >= 0.6 is 0 Å². The number of ketones is 2. The van der Waals surface area contributed by atoms with Crippen molar-refractivity contribution in [2.75, 3.05) is 0 Å². The number of rotatable bonds is 1. The minimum Gasteiger partial charge on any atom is -0.456 e. The summed E-state index contributed by atoms with van der Waals surface area (Å²) in [5.41, 5.74) is -0.889. The molecule has 1 aliphatic rings. The molecule has 80 valence electrons. The van der Waals surface area contributed by atoms with Gasteiger partial charge in [-0.05, 0) is 32.9 Å². The molecule has 1 aliphatic carbocycles. The lowest BCUT2D eigenvalue weighted by molar-refractivity contribution is -0.150. The second kappa shape index (κ2) is 3.81. The van der Waals surface area contributed by atoms with Crippen molar-refractivity contribution in [2.24, 2.45) is 0 Å². The van der Waals surface area contributed by atoms with Gasteiger partial charge in [-0.2, -0.15) is 0 Å². The summed E-state index contributed by atoms with van der Waals surface area (Å²) in [5.74, 6) is -1.63. The van der Waals surface area contributed by atoms with Gasteiger partial charge >= 0.3 is 5.97 Å². The summed E-state index contributed by atoms with van der Waals surface area (Å²) < 4.78 is 4.98. The minimum atomic E-state index is -0.759. The predicted molar refractivity (Wildman–Crippen MR) is 53.1 cm³/mol. The number of hydrogen-bond donors (Lipinski definition) is 0. The zero-order chi connectivity index (χ0) is 11.6. The maximum atomic E-state index is 11.5. The first kappa shape index (κ1) is 11.4. The first-order valence-electron chi connectivity index (χ1n) is 4.51. The molecule has 0 aromatic heterocycles. The van der Waals surface area contributed by atoms with E-state index in [2.05, 4.69) is 0 Å². The van der Waals surface area contributed by atoms with Gasteiger partial charge in [-0.15, -0.1) is 0 Å². The molecule has 0 saturated carbocycles. The van der Waals surface area contributed by atoms with Crippen LogP contribution in [-0.4, -0.2) is 23.1 Å². The molecule has 0 bridgehead atoms. The molecule has 0 saturated heterocycles. The van der Waals surface area contributed by atoms with Crippen LogP contribution in [0.2, 0.25) is 0 Å². The van der Waals surface area contributed by atoms with Crippen molar-refractivity contribution >= 4 is 17.5 Å². The van der Waals surface area contributed by atoms with Gasteiger partial charge in [0.25, 0.3) is 0 Å². The maximum absolute atomic E-state index is 11.5. The van der Waals surface area contributed by atoms with E-state index < -0.39 is 17.4 Å². The van der Waals surface area contributed by atoms with Crippen LogP contribution in [0, 0.1) is 0 Å². The average Bonchev–Trinajstić information content (AvgIpc) is 2.06. The highest BCUT2D eigenvalue weighted by molar-refractivity contribution is 6.28. The van der Waals surface area contributed by atoms with Crippen LogP contribution < -0.4 is 0 Å². The quantitative estimate of drug-likeness (QED) is 0.366. The summed E-state index contributed by atoms with van der Waals surface area (Å²) in [7, 11) is 0. The molecule has 0 aliphatic heterocycles. The van der Waals surface area contributed by atoms with E-state index in [-0.39, 0.29) is 11.4 Å². The van der Waals surface area contributed by atoms with Crippen LogP contribution in [0.1, 0.15) is 20.8 Å². The Labute approximate surface area is 87.6 Å². The smallest absolute Gasteiger partial charge is 0.342 e. The molecule has 0 atom stereocenters. The summed E-state index contributed by atoms with van der Waals surface area (Å²) in [4.78, 5) is 33.7. The summed E-state index contributed by atoms with van der Waals surface area (Å²) in [5, 5.41) is 0. The van der Waals surface area contributed by atoms with Crippen molar-refractivity contribution in [1.29, 1.82) is 0 Å². The van der Waals surface area contributed by atoms with E-state index in [1.807, 2.05) is 0 Å². The highest BCUT2D eigenvalue weighted by Gasteiger charge is 2.25. The van der Waals surface area contributed by atoms with E-state index in [1.165, 1.54) is 0 Å². The standard InChI is InChI=1S/C11H12O4/c1-11(2,3)15-10(14)8-6-7(12)4-5-9(8)13/h4-6H,1-3H3. The van der Waals surface area contributed by atoms with Crippen LogP contribution in [0.5, 0.6) is 0 Å². The first-order chi connectivity index (χ1) is 6.79.